The minimum Gasteiger partial charge on any atom is -0.479 e. The molecule has 0 bridgehead atoms. The third-order valence-corrected chi connectivity index (χ3v) is 4.32. The van der Waals surface area contributed by atoms with E-state index in [4.69, 9.17) is 16.3 Å². The van der Waals surface area contributed by atoms with Crippen LogP contribution in [0.15, 0.2) is 41.5 Å². The molecular weight excluding hydrogens is 384 g/mol. The van der Waals surface area contributed by atoms with Crippen LogP contribution < -0.4 is 15.6 Å². The van der Waals surface area contributed by atoms with Gasteiger partial charge in [-0.05, 0) is 47.7 Å². The lowest BCUT2D eigenvalue weighted by atomic mass is 10.2. The van der Waals surface area contributed by atoms with E-state index in [9.17, 15) is 4.79 Å². The summed E-state index contributed by atoms with van der Waals surface area (Å²) in [5, 5.41) is 14.7. The first-order chi connectivity index (χ1) is 13.5. The number of tetrazole rings is 1. The molecule has 2 N–H and O–H groups in total. The summed E-state index contributed by atoms with van der Waals surface area (Å²) in [6, 6.07) is 8.20. The van der Waals surface area contributed by atoms with Crippen LogP contribution in [-0.4, -0.2) is 42.3 Å². The summed E-state index contributed by atoms with van der Waals surface area (Å²) < 4.78 is 6.77. The predicted molar refractivity (Wildman–Crippen MR) is 103 cm³/mol. The molecule has 28 heavy (non-hydrogen) atoms. The number of ether oxygens (including phenoxy) is 1. The van der Waals surface area contributed by atoms with Gasteiger partial charge in [0.15, 0.2) is 0 Å². The fraction of sp³-hybridized carbons (Fsp3) is 0.176. The van der Waals surface area contributed by atoms with Gasteiger partial charge in [0.2, 0.25) is 5.88 Å². The van der Waals surface area contributed by atoms with Crippen LogP contribution in [0.2, 0.25) is 5.02 Å². The summed E-state index contributed by atoms with van der Waals surface area (Å²) >= 11 is 6.02. The molecule has 1 atom stereocenters. The lowest BCUT2D eigenvalue weighted by Gasteiger charge is -2.15. The maximum atomic E-state index is 12.4. The van der Waals surface area contributed by atoms with Crippen LogP contribution in [0.1, 0.15) is 18.7 Å². The maximum absolute atomic E-state index is 12.4. The van der Waals surface area contributed by atoms with E-state index in [1.807, 2.05) is 6.92 Å². The van der Waals surface area contributed by atoms with Crippen molar-refractivity contribution in [1.29, 1.82) is 0 Å². The second-order valence-electron chi connectivity index (χ2n) is 5.96. The zero-order valence-corrected chi connectivity index (χ0v) is 15.7. The zero-order chi connectivity index (χ0) is 19.7. The van der Waals surface area contributed by atoms with E-state index in [0.29, 0.717) is 39.1 Å². The Hall–Kier alpha value is -3.53. The van der Waals surface area contributed by atoms with Crippen LogP contribution >= 0.6 is 11.6 Å². The lowest BCUT2D eigenvalue weighted by Crippen LogP contribution is -2.22. The van der Waals surface area contributed by atoms with E-state index in [1.165, 1.54) is 18.1 Å². The second-order valence-corrected chi connectivity index (χ2v) is 6.39. The number of nitrogens with one attached hydrogen (secondary N) is 2. The summed E-state index contributed by atoms with van der Waals surface area (Å²) in [6.07, 6.45) is 1.44. The van der Waals surface area contributed by atoms with E-state index in [1.54, 1.807) is 30.3 Å². The van der Waals surface area contributed by atoms with Gasteiger partial charge in [-0.3, -0.25) is 4.79 Å². The van der Waals surface area contributed by atoms with Gasteiger partial charge in [0.05, 0.1) is 24.2 Å². The molecule has 1 aromatic carbocycles. The van der Waals surface area contributed by atoms with Gasteiger partial charge in [-0.25, -0.2) is 4.98 Å². The van der Waals surface area contributed by atoms with E-state index in [-0.39, 0.29) is 5.56 Å². The van der Waals surface area contributed by atoms with Gasteiger partial charge < -0.3 is 15.0 Å². The molecule has 3 heterocycles. The molecule has 0 amide bonds. The van der Waals surface area contributed by atoms with E-state index in [2.05, 4.69) is 35.8 Å². The molecule has 0 aliphatic rings. The Balaban J connectivity index is 1.65. The van der Waals surface area contributed by atoms with Crippen LogP contribution in [0.3, 0.4) is 0 Å². The number of fused-ring (bicyclic) bond motifs is 1. The van der Waals surface area contributed by atoms with Crippen LogP contribution in [0, 0.1) is 0 Å². The fourth-order valence-electron chi connectivity index (χ4n) is 2.76. The summed E-state index contributed by atoms with van der Waals surface area (Å²) in [5.74, 6) is 0.838. The smallest absolute Gasteiger partial charge is 0.272 e. The molecule has 0 aliphatic carbocycles. The van der Waals surface area contributed by atoms with Crippen LogP contribution in [0.4, 0.5) is 5.82 Å². The number of methoxy groups -OCH3 is 1. The number of aromatic nitrogens is 7. The highest BCUT2D eigenvalue weighted by Gasteiger charge is 2.16. The number of benzene rings is 1. The first-order valence-electron chi connectivity index (χ1n) is 8.29. The van der Waals surface area contributed by atoms with Gasteiger partial charge in [-0.15, -0.1) is 5.10 Å². The largest absolute Gasteiger partial charge is 0.479 e. The molecule has 3 aromatic heterocycles. The SMILES string of the molecule is COc1nc(NC(C)c2nc3cc(Cl)ccc3[nH]c2=O)ccc1-n1cnnn1. The highest BCUT2D eigenvalue weighted by molar-refractivity contribution is 6.31. The van der Waals surface area contributed by atoms with Crippen molar-refractivity contribution in [1.82, 2.24) is 35.2 Å². The Kier molecular flexibility index (Phi) is 4.62. The molecule has 1 unspecified atom stereocenters. The minimum absolute atomic E-state index is 0.285. The van der Waals surface area contributed by atoms with Crippen LogP contribution in [0.5, 0.6) is 5.88 Å². The van der Waals surface area contributed by atoms with Crippen molar-refractivity contribution in [3.63, 3.8) is 0 Å². The second kappa shape index (κ2) is 7.24. The number of anilines is 1. The Morgan fingerprint density at radius 3 is 2.86 bits per heavy atom. The van der Waals surface area contributed by atoms with Crippen molar-refractivity contribution in [2.75, 3.05) is 12.4 Å². The van der Waals surface area contributed by atoms with Crippen LogP contribution in [-0.2, 0) is 0 Å². The Morgan fingerprint density at radius 1 is 1.25 bits per heavy atom. The number of H-pyrrole nitrogens is 1. The predicted octanol–water partition coefficient (Wildman–Crippen LogP) is 2.13. The average molecular weight is 399 g/mol. The highest BCUT2D eigenvalue weighted by atomic mass is 35.5. The van der Waals surface area contributed by atoms with Crippen molar-refractivity contribution < 1.29 is 4.74 Å². The normalized spacial score (nSPS) is 12.1. The van der Waals surface area contributed by atoms with E-state index in [0.717, 1.165) is 0 Å². The molecule has 10 nitrogen and oxygen atoms in total. The first-order valence-corrected chi connectivity index (χ1v) is 8.67. The average Bonchev–Trinajstić information content (AvgIpc) is 3.22. The zero-order valence-electron chi connectivity index (χ0n) is 14.9. The Bertz CT molecular complexity index is 1190. The molecule has 0 spiro atoms. The topological polar surface area (TPSA) is 124 Å². The van der Waals surface area contributed by atoms with Gasteiger partial charge in [0.25, 0.3) is 5.56 Å². The molecule has 0 radical (unpaired) electrons. The Labute approximate surface area is 163 Å². The van der Waals surface area contributed by atoms with Gasteiger partial charge in [0, 0.05) is 5.02 Å². The van der Waals surface area contributed by atoms with Gasteiger partial charge in [-0.2, -0.15) is 9.67 Å². The highest BCUT2D eigenvalue weighted by Crippen LogP contribution is 2.24. The minimum atomic E-state index is -0.414. The van der Waals surface area contributed by atoms with Crippen molar-refractivity contribution in [2.24, 2.45) is 0 Å². The molecular formula is C17H15ClN8O2. The van der Waals surface area contributed by atoms with Crippen LogP contribution in [0.25, 0.3) is 16.7 Å². The first kappa shape index (κ1) is 17.9. The van der Waals surface area contributed by atoms with Crippen molar-refractivity contribution in [3.05, 3.63) is 57.7 Å². The monoisotopic (exact) mass is 398 g/mol. The maximum Gasteiger partial charge on any atom is 0.272 e. The number of rotatable bonds is 5. The lowest BCUT2D eigenvalue weighted by molar-refractivity contribution is 0.395. The number of hydrogen-bond donors (Lipinski definition) is 2. The third-order valence-electron chi connectivity index (χ3n) is 4.09. The molecule has 4 aromatic rings. The molecule has 0 fully saturated rings. The quantitative estimate of drug-likeness (QED) is 0.524. The summed E-state index contributed by atoms with van der Waals surface area (Å²) in [4.78, 5) is 24.1. The molecule has 0 aliphatic heterocycles. The third kappa shape index (κ3) is 3.37. The number of pyridine rings is 1. The molecule has 0 saturated carbocycles. The Morgan fingerprint density at radius 2 is 2.11 bits per heavy atom. The number of halogens is 1. The standard InChI is InChI=1S/C17H15ClN8O2/c1-9(15-16(27)22-11-4-3-10(18)7-12(11)21-15)20-14-6-5-13(17(23-14)28-2)26-8-19-24-25-26/h3-9H,1-2H3,(H,20,23)(H,22,27). The van der Waals surface area contributed by atoms with E-state index >= 15 is 0 Å². The number of aromatic amines is 1. The van der Waals surface area contributed by atoms with Crippen molar-refractivity contribution >= 4 is 28.5 Å². The van der Waals surface area contributed by atoms with Gasteiger partial charge in [0.1, 0.15) is 23.5 Å². The molecule has 11 heteroatoms. The summed E-state index contributed by atoms with van der Waals surface area (Å²) in [7, 11) is 1.50. The van der Waals surface area contributed by atoms with Crippen molar-refractivity contribution in [2.45, 2.75) is 13.0 Å². The number of hydrogen-bond acceptors (Lipinski definition) is 8. The fourth-order valence-corrected chi connectivity index (χ4v) is 2.93. The summed E-state index contributed by atoms with van der Waals surface area (Å²) in [5.41, 5.74) is 1.85. The van der Waals surface area contributed by atoms with Gasteiger partial charge >= 0.3 is 0 Å². The number of nitrogens with zero attached hydrogens (tertiary/aromatic N) is 6. The van der Waals surface area contributed by atoms with Crippen molar-refractivity contribution in [3.8, 4) is 11.6 Å². The molecule has 0 saturated heterocycles. The van der Waals surface area contributed by atoms with Gasteiger partial charge in [-0.1, -0.05) is 11.6 Å². The molecule has 142 valence electrons. The summed E-state index contributed by atoms with van der Waals surface area (Å²) in [6.45, 7) is 1.82. The molecule has 4 rings (SSSR count). The van der Waals surface area contributed by atoms with E-state index < -0.39 is 6.04 Å².